The van der Waals surface area contributed by atoms with Crippen molar-refractivity contribution in [3.63, 3.8) is 0 Å². The summed E-state index contributed by atoms with van der Waals surface area (Å²) in [5.41, 5.74) is 7.37. The average molecular weight is 263 g/mol. The highest BCUT2D eigenvalue weighted by Gasteiger charge is 2.37. The molecule has 5 heteroatoms. The predicted octanol–water partition coefficient (Wildman–Crippen LogP) is 0.638. The van der Waals surface area contributed by atoms with Crippen LogP contribution >= 0.6 is 0 Å². The number of nitrogens with two attached hydrogens (primary N) is 1. The first kappa shape index (κ1) is 11.5. The second kappa shape index (κ2) is 4.08. The number of ether oxygens (including phenoxy) is 1. The third-order valence-electron chi connectivity index (χ3n) is 4.35. The Morgan fingerprint density at radius 1 is 1.32 bits per heavy atom. The zero-order valence-electron chi connectivity index (χ0n) is 10.7. The van der Waals surface area contributed by atoms with E-state index in [1.54, 1.807) is 6.07 Å². The topological polar surface area (TPSA) is 50.5 Å². The molecular weight excluding hydrogens is 245 g/mol. The molecule has 1 aromatic rings. The number of anilines is 1. The largest absolute Gasteiger partial charge is 0.491 e. The first-order valence-electron chi connectivity index (χ1n) is 6.91. The third-order valence-corrected chi connectivity index (χ3v) is 4.35. The number of benzene rings is 1. The lowest BCUT2D eigenvalue weighted by molar-refractivity contribution is 0.225. The molecule has 4 aliphatic heterocycles. The fourth-order valence-electron chi connectivity index (χ4n) is 3.35. The Balaban J connectivity index is 1.65. The number of hydrogen-bond donors (Lipinski definition) is 2. The summed E-state index contributed by atoms with van der Waals surface area (Å²) in [6, 6.07) is 4.62. The summed E-state index contributed by atoms with van der Waals surface area (Å²) in [6.45, 7) is 2.38. The Morgan fingerprint density at radius 3 is 2.79 bits per heavy atom. The Morgan fingerprint density at radius 2 is 2.05 bits per heavy atom. The molecule has 3 saturated heterocycles. The minimum Gasteiger partial charge on any atom is -0.491 e. The maximum atomic E-state index is 14.2. The van der Waals surface area contributed by atoms with E-state index < -0.39 is 0 Å². The molecule has 3 atom stereocenters. The number of rotatable bonds is 1. The van der Waals surface area contributed by atoms with Crippen LogP contribution < -0.4 is 20.7 Å². The fourth-order valence-corrected chi connectivity index (χ4v) is 3.35. The molecule has 5 rings (SSSR count). The average Bonchev–Trinajstić information content (AvgIpc) is 2.39. The van der Waals surface area contributed by atoms with Crippen molar-refractivity contribution < 1.29 is 9.13 Å². The maximum absolute atomic E-state index is 14.2. The van der Waals surface area contributed by atoms with E-state index >= 15 is 0 Å². The molecule has 0 aromatic heterocycles. The van der Waals surface area contributed by atoms with Crippen molar-refractivity contribution in [1.82, 2.24) is 5.32 Å². The highest BCUT2D eigenvalue weighted by molar-refractivity contribution is 5.56. The molecule has 0 spiro atoms. The van der Waals surface area contributed by atoms with Crippen molar-refractivity contribution in [1.29, 1.82) is 0 Å². The van der Waals surface area contributed by atoms with Crippen LogP contribution in [0.1, 0.15) is 12.0 Å². The molecule has 0 radical (unpaired) electrons. The molecule has 3 fully saturated rings. The smallest absolute Gasteiger partial charge is 0.132 e. The standard InChI is InChI=1S/C14H18FN3O/c15-13-3-11(18-5-9-2-10(6-18)17-9)4-14-12(13)1-8(16)7-19-14/h3-4,8-10,17H,1-2,5-7,16H2. The van der Waals surface area contributed by atoms with Gasteiger partial charge in [0.2, 0.25) is 0 Å². The Labute approximate surface area is 111 Å². The van der Waals surface area contributed by atoms with Gasteiger partial charge >= 0.3 is 0 Å². The van der Waals surface area contributed by atoms with Gasteiger partial charge in [0.15, 0.2) is 0 Å². The van der Waals surface area contributed by atoms with Crippen LogP contribution in [0.4, 0.5) is 10.1 Å². The molecule has 3 N–H and O–H groups in total. The van der Waals surface area contributed by atoms with Crippen molar-refractivity contribution in [3.8, 4) is 5.75 Å². The van der Waals surface area contributed by atoms with Gasteiger partial charge in [0, 0.05) is 48.5 Å². The van der Waals surface area contributed by atoms with Crippen LogP contribution in [-0.2, 0) is 6.42 Å². The van der Waals surface area contributed by atoms with Crippen LogP contribution in [0, 0.1) is 5.82 Å². The molecule has 0 aliphatic carbocycles. The first-order valence-corrected chi connectivity index (χ1v) is 6.91. The molecule has 0 amide bonds. The Hall–Kier alpha value is -1.33. The maximum Gasteiger partial charge on any atom is 0.132 e. The van der Waals surface area contributed by atoms with Gasteiger partial charge in [-0.2, -0.15) is 0 Å². The van der Waals surface area contributed by atoms with Crippen LogP contribution in [0.25, 0.3) is 0 Å². The monoisotopic (exact) mass is 263 g/mol. The van der Waals surface area contributed by atoms with Gasteiger partial charge in [-0.05, 0) is 18.9 Å². The number of halogens is 1. The number of nitrogens with one attached hydrogen (secondary N) is 1. The van der Waals surface area contributed by atoms with Gasteiger partial charge in [0.25, 0.3) is 0 Å². The summed E-state index contributed by atoms with van der Waals surface area (Å²) in [5.74, 6) is 0.485. The summed E-state index contributed by atoms with van der Waals surface area (Å²) >= 11 is 0. The molecule has 4 nitrogen and oxygen atoms in total. The first-order chi connectivity index (χ1) is 9.19. The molecule has 3 unspecified atom stereocenters. The van der Waals surface area contributed by atoms with E-state index in [0.717, 1.165) is 18.8 Å². The van der Waals surface area contributed by atoms with E-state index in [2.05, 4.69) is 10.2 Å². The highest BCUT2D eigenvalue weighted by atomic mass is 19.1. The zero-order valence-corrected chi connectivity index (χ0v) is 10.7. The van der Waals surface area contributed by atoms with Gasteiger partial charge in [-0.1, -0.05) is 0 Å². The third kappa shape index (κ3) is 1.88. The van der Waals surface area contributed by atoms with Gasteiger partial charge in [0.05, 0.1) is 0 Å². The van der Waals surface area contributed by atoms with Gasteiger partial charge < -0.3 is 20.7 Å². The molecule has 4 aliphatic rings. The summed E-state index contributed by atoms with van der Waals surface area (Å²) < 4.78 is 19.8. The number of nitrogens with zero attached hydrogens (tertiary/aromatic N) is 1. The molecule has 0 saturated carbocycles. The van der Waals surface area contributed by atoms with Crippen LogP contribution in [0.5, 0.6) is 5.75 Å². The van der Waals surface area contributed by atoms with Crippen molar-refractivity contribution in [2.75, 3.05) is 24.6 Å². The molecule has 102 valence electrons. The normalized spacial score (nSPS) is 32.3. The molecule has 4 heterocycles. The lowest BCUT2D eigenvalue weighted by Crippen LogP contribution is -2.67. The van der Waals surface area contributed by atoms with Gasteiger partial charge in [-0.3, -0.25) is 0 Å². The van der Waals surface area contributed by atoms with E-state index in [1.807, 2.05) is 6.07 Å². The quantitative estimate of drug-likeness (QED) is 0.780. The van der Waals surface area contributed by atoms with Crippen LogP contribution in [-0.4, -0.2) is 37.8 Å². The zero-order chi connectivity index (χ0) is 13.0. The lowest BCUT2D eigenvalue weighted by atomic mass is 9.90. The molecule has 2 bridgehead atoms. The highest BCUT2D eigenvalue weighted by Crippen LogP contribution is 2.34. The van der Waals surface area contributed by atoms with Gasteiger partial charge in [0.1, 0.15) is 18.2 Å². The fraction of sp³-hybridized carbons (Fsp3) is 0.571. The minimum absolute atomic E-state index is 0.0975. The summed E-state index contributed by atoms with van der Waals surface area (Å²) in [6.07, 6.45) is 1.81. The van der Waals surface area contributed by atoms with E-state index in [1.165, 1.54) is 6.42 Å². The minimum atomic E-state index is -0.185. The van der Waals surface area contributed by atoms with Crippen molar-refractivity contribution in [3.05, 3.63) is 23.5 Å². The van der Waals surface area contributed by atoms with Crippen molar-refractivity contribution in [2.45, 2.75) is 31.0 Å². The van der Waals surface area contributed by atoms with E-state index in [0.29, 0.717) is 36.4 Å². The molecule has 19 heavy (non-hydrogen) atoms. The molecular formula is C14H18FN3O. The molecule has 1 aromatic carbocycles. The number of piperazine rings is 1. The predicted molar refractivity (Wildman–Crippen MR) is 71.1 cm³/mol. The second-order valence-electron chi connectivity index (χ2n) is 5.88. The van der Waals surface area contributed by atoms with Crippen molar-refractivity contribution in [2.24, 2.45) is 5.73 Å². The van der Waals surface area contributed by atoms with Gasteiger partial charge in [-0.25, -0.2) is 4.39 Å². The second-order valence-corrected chi connectivity index (χ2v) is 5.88. The lowest BCUT2D eigenvalue weighted by Gasteiger charge is -2.49. The van der Waals surface area contributed by atoms with Crippen LogP contribution in [0.2, 0.25) is 0 Å². The van der Waals surface area contributed by atoms with E-state index in [-0.39, 0.29) is 11.9 Å². The van der Waals surface area contributed by atoms with E-state index in [9.17, 15) is 4.39 Å². The van der Waals surface area contributed by atoms with Gasteiger partial charge in [-0.15, -0.1) is 0 Å². The summed E-state index contributed by atoms with van der Waals surface area (Å²) in [5, 5.41) is 3.48. The summed E-state index contributed by atoms with van der Waals surface area (Å²) in [7, 11) is 0. The van der Waals surface area contributed by atoms with Crippen LogP contribution in [0.3, 0.4) is 0 Å². The Kier molecular flexibility index (Phi) is 2.47. The number of hydrogen-bond acceptors (Lipinski definition) is 4. The van der Waals surface area contributed by atoms with E-state index in [4.69, 9.17) is 10.5 Å². The SMILES string of the molecule is NC1COc2cc(N3CC4CC(C3)N4)cc(F)c2C1. The summed E-state index contributed by atoms with van der Waals surface area (Å²) in [4.78, 5) is 2.25. The van der Waals surface area contributed by atoms with Crippen LogP contribution in [0.15, 0.2) is 12.1 Å². The number of fused-ring (bicyclic) bond motifs is 3. The number of piperidine rings is 1. The van der Waals surface area contributed by atoms with Crippen molar-refractivity contribution >= 4 is 5.69 Å². The Bertz CT molecular complexity index is 506.